The van der Waals surface area contributed by atoms with Crippen molar-refractivity contribution in [1.29, 1.82) is 0 Å². The van der Waals surface area contributed by atoms with E-state index < -0.39 is 0 Å². The van der Waals surface area contributed by atoms with Crippen molar-refractivity contribution < 1.29 is 0 Å². The number of H-pyrrole nitrogens is 1. The summed E-state index contributed by atoms with van der Waals surface area (Å²) in [5.41, 5.74) is 6.87. The molecule has 0 unspecified atom stereocenters. The molecule has 0 bridgehead atoms. The van der Waals surface area contributed by atoms with Crippen LogP contribution in [-0.4, -0.2) is 15.0 Å². The number of nitrogens with zero attached hydrogens (tertiary/aromatic N) is 2. The maximum Gasteiger partial charge on any atom is 0.137 e. The van der Waals surface area contributed by atoms with E-state index in [0.717, 1.165) is 40.1 Å². The van der Waals surface area contributed by atoms with Crippen LogP contribution in [0.1, 0.15) is 17.5 Å². The summed E-state index contributed by atoms with van der Waals surface area (Å²) in [6, 6.07) is 14.4. The smallest absolute Gasteiger partial charge is 0.137 e. The molecule has 5 heteroatoms. The van der Waals surface area contributed by atoms with Crippen LogP contribution in [0.5, 0.6) is 0 Å². The first-order valence-electron chi connectivity index (χ1n) is 8.75. The molecule has 5 rings (SSSR count). The van der Waals surface area contributed by atoms with E-state index in [1.54, 1.807) is 6.20 Å². The van der Waals surface area contributed by atoms with E-state index in [4.69, 9.17) is 11.6 Å². The van der Waals surface area contributed by atoms with Gasteiger partial charge in [-0.15, -0.1) is 0 Å². The molecular formula is C21H17ClN4. The minimum absolute atomic E-state index is 0.462. The summed E-state index contributed by atoms with van der Waals surface area (Å²) in [5.74, 6) is 0.740. The SMILES string of the molecule is Clc1cc(-c2c[nH]c3ncccc23)cc(Nc2ccc3c(c2)CCC3)n1. The zero-order valence-corrected chi connectivity index (χ0v) is 14.8. The van der Waals surface area contributed by atoms with Gasteiger partial charge in [0.05, 0.1) is 0 Å². The summed E-state index contributed by atoms with van der Waals surface area (Å²) in [4.78, 5) is 12.0. The van der Waals surface area contributed by atoms with Gasteiger partial charge in [-0.1, -0.05) is 17.7 Å². The average molecular weight is 361 g/mol. The Hall–Kier alpha value is -2.85. The number of fused-ring (bicyclic) bond motifs is 2. The van der Waals surface area contributed by atoms with Crippen molar-refractivity contribution in [1.82, 2.24) is 15.0 Å². The van der Waals surface area contributed by atoms with Crippen LogP contribution in [-0.2, 0) is 12.8 Å². The first-order chi connectivity index (χ1) is 12.8. The van der Waals surface area contributed by atoms with Gasteiger partial charge in [-0.2, -0.15) is 0 Å². The van der Waals surface area contributed by atoms with Gasteiger partial charge >= 0.3 is 0 Å². The number of halogens is 1. The minimum Gasteiger partial charge on any atom is -0.346 e. The normalized spacial score (nSPS) is 13.1. The van der Waals surface area contributed by atoms with Gasteiger partial charge < -0.3 is 10.3 Å². The molecule has 0 aliphatic heterocycles. The lowest BCUT2D eigenvalue weighted by molar-refractivity contribution is 0.912. The second kappa shape index (κ2) is 6.15. The molecule has 3 heterocycles. The van der Waals surface area contributed by atoms with Crippen LogP contribution in [0.25, 0.3) is 22.2 Å². The molecule has 0 spiro atoms. The summed E-state index contributed by atoms with van der Waals surface area (Å²) in [6.45, 7) is 0. The van der Waals surface area contributed by atoms with Crippen LogP contribution in [0.4, 0.5) is 11.5 Å². The first kappa shape index (κ1) is 15.4. The second-order valence-corrected chi connectivity index (χ2v) is 7.01. The maximum absolute atomic E-state index is 6.30. The molecule has 0 saturated carbocycles. The number of aryl methyl sites for hydroxylation is 2. The maximum atomic E-state index is 6.30. The molecule has 0 saturated heterocycles. The van der Waals surface area contributed by atoms with Crippen molar-refractivity contribution in [2.24, 2.45) is 0 Å². The Morgan fingerprint density at radius 2 is 1.96 bits per heavy atom. The van der Waals surface area contributed by atoms with Gasteiger partial charge in [0.15, 0.2) is 0 Å². The average Bonchev–Trinajstić information content (AvgIpc) is 3.27. The molecule has 1 aliphatic rings. The lowest BCUT2D eigenvalue weighted by atomic mass is 10.1. The van der Waals surface area contributed by atoms with Crippen LogP contribution in [0, 0.1) is 0 Å². The fraction of sp³-hybridized carbons (Fsp3) is 0.143. The first-order valence-corrected chi connectivity index (χ1v) is 9.13. The third-order valence-corrected chi connectivity index (χ3v) is 5.12. The second-order valence-electron chi connectivity index (χ2n) is 6.63. The summed E-state index contributed by atoms with van der Waals surface area (Å²) in [5, 5.41) is 4.93. The van der Waals surface area contributed by atoms with Crippen LogP contribution >= 0.6 is 11.6 Å². The number of aromatic nitrogens is 3. The van der Waals surface area contributed by atoms with Gasteiger partial charge in [0.25, 0.3) is 0 Å². The van der Waals surface area contributed by atoms with E-state index in [1.165, 1.54) is 24.0 Å². The molecule has 0 radical (unpaired) electrons. The van der Waals surface area contributed by atoms with E-state index in [1.807, 2.05) is 24.4 Å². The van der Waals surface area contributed by atoms with Crippen LogP contribution in [0.15, 0.2) is 54.9 Å². The molecule has 4 aromatic rings. The lowest BCUT2D eigenvalue weighted by Crippen LogP contribution is -1.96. The number of anilines is 2. The van der Waals surface area contributed by atoms with Crippen molar-refractivity contribution in [2.75, 3.05) is 5.32 Å². The van der Waals surface area contributed by atoms with E-state index in [0.29, 0.717) is 5.15 Å². The molecule has 0 atom stereocenters. The molecule has 1 aliphatic carbocycles. The monoisotopic (exact) mass is 360 g/mol. The zero-order valence-electron chi connectivity index (χ0n) is 14.1. The van der Waals surface area contributed by atoms with Crippen LogP contribution < -0.4 is 5.32 Å². The molecule has 3 aromatic heterocycles. The van der Waals surface area contributed by atoms with Crippen molar-refractivity contribution in [3.63, 3.8) is 0 Å². The highest BCUT2D eigenvalue weighted by atomic mass is 35.5. The van der Waals surface area contributed by atoms with Gasteiger partial charge in [0, 0.05) is 29.0 Å². The number of hydrogen-bond donors (Lipinski definition) is 2. The molecular weight excluding hydrogens is 344 g/mol. The summed E-state index contributed by atoms with van der Waals surface area (Å²) < 4.78 is 0. The quantitative estimate of drug-likeness (QED) is 0.473. The highest BCUT2D eigenvalue weighted by Gasteiger charge is 2.12. The molecule has 0 fully saturated rings. The number of benzene rings is 1. The summed E-state index contributed by atoms with van der Waals surface area (Å²) >= 11 is 6.30. The van der Waals surface area contributed by atoms with Crippen molar-refractivity contribution in [3.05, 3.63) is 71.1 Å². The molecule has 128 valence electrons. The molecule has 4 nitrogen and oxygen atoms in total. The van der Waals surface area contributed by atoms with Gasteiger partial charge in [-0.05, 0) is 72.4 Å². The van der Waals surface area contributed by atoms with Crippen LogP contribution in [0.3, 0.4) is 0 Å². The highest BCUT2D eigenvalue weighted by Crippen LogP contribution is 2.32. The zero-order chi connectivity index (χ0) is 17.5. The largest absolute Gasteiger partial charge is 0.346 e. The number of pyridine rings is 2. The number of aromatic amines is 1. The fourth-order valence-electron chi connectivity index (χ4n) is 3.71. The fourth-order valence-corrected chi connectivity index (χ4v) is 3.92. The Morgan fingerprint density at radius 1 is 1.04 bits per heavy atom. The van der Waals surface area contributed by atoms with E-state index >= 15 is 0 Å². The van der Waals surface area contributed by atoms with Crippen molar-refractivity contribution >= 4 is 34.1 Å². The Labute approximate surface area is 156 Å². The molecule has 2 N–H and O–H groups in total. The number of nitrogens with one attached hydrogen (secondary N) is 2. The van der Waals surface area contributed by atoms with Gasteiger partial charge in [-0.3, -0.25) is 0 Å². The van der Waals surface area contributed by atoms with Crippen LogP contribution in [0.2, 0.25) is 5.15 Å². The van der Waals surface area contributed by atoms with E-state index in [2.05, 4.69) is 44.5 Å². The standard InChI is InChI=1S/C21H17ClN4/c22-19-10-15(18-12-24-21-17(18)5-2-8-23-21)11-20(26-19)25-16-7-6-13-3-1-4-14(13)9-16/h2,5-12H,1,3-4H2,(H,23,24)(H,25,26). The number of hydrogen-bond acceptors (Lipinski definition) is 3. The Kier molecular flexibility index (Phi) is 3.64. The highest BCUT2D eigenvalue weighted by molar-refractivity contribution is 6.29. The van der Waals surface area contributed by atoms with Crippen molar-refractivity contribution in [2.45, 2.75) is 19.3 Å². The predicted molar refractivity (Wildman–Crippen MR) is 106 cm³/mol. The minimum atomic E-state index is 0.462. The van der Waals surface area contributed by atoms with Gasteiger partial charge in [-0.25, -0.2) is 9.97 Å². The Bertz CT molecular complexity index is 1120. The molecule has 0 amide bonds. The van der Waals surface area contributed by atoms with Gasteiger partial charge in [0.2, 0.25) is 0 Å². The topological polar surface area (TPSA) is 53.6 Å². The van der Waals surface area contributed by atoms with Crippen molar-refractivity contribution in [3.8, 4) is 11.1 Å². The lowest BCUT2D eigenvalue weighted by Gasteiger charge is -2.10. The Morgan fingerprint density at radius 3 is 2.92 bits per heavy atom. The predicted octanol–water partition coefficient (Wildman–Crippen LogP) is 5.51. The summed E-state index contributed by atoms with van der Waals surface area (Å²) in [7, 11) is 0. The third kappa shape index (κ3) is 2.72. The third-order valence-electron chi connectivity index (χ3n) is 4.93. The Balaban J connectivity index is 1.53. The van der Waals surface area contributed by atoms with Gasteiger partial charge in [0.1, 0.15) is 16.6 Å². The number of rotatable bonds is 3. The summed E-state index contributed by atoms with van der Waals surface area (Å²) in [6.07, 6.45) is 7.32. The molecule has 26 heavy (non-hydrogen) atoms. The van der Waals surface area contributed by atoms with E-state index in [-0.39, 0.29) is 0 Å². The molecule has 1 aromatic carbocycles. The van der Waals surface area contributed by atoms with E-state index in [9.17, 15) is 0 Å².